The van der Waals surface area contributed by atoms with E-state index in [0.29, 0.717) is 12.5 Å². The Morgan fingerprint density at radius 1 is 1.33 bits per heavy atom. The first-order valence-corrected chi connectivity index (χ1v) is 8.21. The van der Waals surface area contributed by atoms with Crippen molar-refractivity contribution in [2.45, 2.75) is 65.3 Å². The van der Waals surface area contributed by atoms with Crippen LogP contribution in [0.1, 0.15) is 59.3 Å². The number of nitrogens with one attached hydrogen (secondary N) is 2. The van der Waals surface area contributed by atoms with E-state index in [4.69, 9.17) is 5.11 Å². The number of rotatable bonds is 7. The first kappa shape index (κ1) is 17.8. The van der Waals surface area contributed by atoms with Crippen molar-refractivity contribution in [2.24, 2.45) is 17.8 Å². The molecule has 0 saturated heterocycles. The van der Waals surface area contributed by atoms with Crippen molar-refractivity contribution >= 4 is 12.0 Å². The van der Waals surface area contributed by atoms with Crippen molar-refractivity contribution in [3.8, 4) is 0 Å². The zero-order chi connectivity index (χ0) is 15.8. The number of carboxylic acid groups (broad SMARTS) is 1. The minimum atomic E-state index is -0.972. The van der Waals surface area contributed by atoms with Crippen LogP contribution in [0.2, 0.25) is 0 Å². The van der Waals surface area contributed by atoms with E-state index in [2.05, 4.69) is 17.6 Å². The van der Waals surface area contributed by atoms with Crippen LogP contribution in [0.4, 0.5) is 4.79 Å². The molecule has 0 spiro atoms. The maximum Gasteiger partial charge on any atom is 0.326 e. The SMILES string of the molecule is CCC(C)[C@H](NC(=O)NCCC1CCCC(C)C1)C(=O)O. The molecule has 4 atom stereocenters. The zero-order valence-corrected chi connectivity index (χ0v) is 13.5. The quantitative estimate of drug-likeness (QED) is 0.676. The Morgan fingerprint density at radius 3 is 2.62 bits per heavy atom. The third-order valence-corrected chi connectivity index (χ3v) is 4.65. The van der Waals surface area contributed by atoms with Crippen LogP contribution in [0.3, 0.4) is 0 Å². The first-order valence-electron chi connectivity index (χ1n) is 8.21. The van der Waals surface area contributed by atoms with E-state index in [1.54, 1.807) is 0 Å². The van der Waals surface area contributed by atoms with Crippen molar-refractivity contribution in [3.63, 3.8) is 0 Å². The van der Waals surface area contributed by atoms with Crippen molar-refractivity contribution in [1.82, 2.24) is 10.6 Å². The molecule has 0 aromatic carbocycles. The van der Waals surface area contributed by atoms with Crippen LogP contribution >= 0.6 is 0 Å². The molecule has 5 nitrogen and oxygen atoms in total. The van der Waals surface area contributed by atoms with Crippen molar-refractivity contribution in [3.05, 3.63) is 0 Å². The van der Waals surface area contributed by atoms with Gasteiger partial charge in [0.05, 0.1) is 0 Å². The first-order chi connectivity index (χ1) is 9.93. The molecule has 1 aliphatic rings. The average Bonchev–Trinajstić information content (AvgIpc) is 2.43. The van der Waals surface area contributed by atoms with E-state index in [1.165, 1.54) is 25.7 Å². The second-order valence-electron chi connectivity index (χ2n) is 6.53. The van der Waals surface area contributed by atoms with Crippen LogP contribution in [0.25, 0.3) is 0 Å². The highest BCUT2D eigenvalue weighted by molar-refractivity contribution is 5.82. The fourth-order valence-corrected chi connectivity index (χ4v) is 3.09. The van der Waals surface area contributed by atoms with Crippen LogP contribution < -0.4 is 10.6 Å². The van der Waals surface area contributed by atoms with Crippen LogP contribution in [-0.4, -0.2) is 29.7 Å². The summed E-state index contributed by atoms with van der Waals surface area (Å²) in [4.78, 5) is 22.9. The number of urea groups is 1. The van der Waals surface area contributed by atoms with E-state index in [-0.39, 0.29) is 11.9 Å². The largest absolute Gasteiger partial charge is 0.480 e. The fraction of sp³-hybridized carbons (Fsp3) is 0.875. The lowest BCUT2D eigenvalue weighted by Crippen LogP contribution is -2.49. The molecule has 3 N–H and O–H groups in total. The normalized spacial score (nSPS) is 24.9. The molecule has 0 aromatic heterocycles. The summed E-state index contributed by atoms with van der Waals surface area (Å²) in [6, 6.07) is -1.18. The van der Waals surface area contributed by atoms with Gasteiger partial charge in [0.15, 0.2) is 0 Å². The Bertz CT molecular complexity index is 346. The Morgan fingerprint density at radius 2 is 2.05 bits per heavy atom. The van der Waals surface area contributed by atoms with Crippen molar-refractivity contribution in [2.75, 3.05) is 6.54 Å². The lowest BCUT2D eigenvalue weighted by molar-refractivity contribution is -0.140. The fourth-order valence-electron chi connectivity index (χ4n) is 3.09. The van der Waals surface area contributed by atoms with E-state index in [0.717, 1.165) is 18.8 Å². The van der Waals surface area contributed by atoms with Gasteiger partial charge < -0.3 is 15.7 Å². The Balaban J connectivity index is 2.27. The molecule has 0 aliphatic heterocycles. The number of hydrogen-bond acceptors (Lipinski definition) is 2. The lowest BCUT2D eigenvalue weighted by atomic mass is 9.81. The number of carbonyl (C=O) groups is 2. The molecule has 21 heavy (non-hydrogen) atoms. The zero-order valence-electron chi connectivity index (χ0n) is 13.5. The van der Waals surface area contributed by atoms with Gasteiger partial charge in [-0.15, -0.1) is 0 Å². The van der Waals surface area contributed by atoms with Gasteiger partial charge in [0.25, 0.3) is 0 Å². The number of carboxylic acids is 1. The third kappa shape index (κ3) is 6.36. The van der Waals surface area contributed by atoms with Gasteiger partial charge in [-0.3, -0.25) is 0 Å². The number of carbonyl (C=O) groups excluding carboxylic acids is 1. The Hall–Kier alpha value is -1.26. The predicted molar refractivity (Wildman–Crippen MR) is 83.2 cm³/mol. The molecule has 1 rings (SSSR count). The number of aliphatic carboxylic acids is 1. The Kier molecular flexibility index (Phi) is 7.54. The highest BCUT2D eigenvalue weighted by Gasteiger charge is 2.25. The van der Waals surface area contributed by atoms with E-state index in [1.807, 2.05) is 13.8 Å². The van der Waals surface area contributed by atoms with Gasteiger partial charge in [0.2, 0.25) is 0 Å². The maximum absolute atomic E-state index is 11.8. The average molecular weight is 298 g/mol. The van der Waals surface area contributed by atoms with Gasteiger partial charge in [-0.2, -0.15) is 0 Å². The van der Waals surface area contributed by atoms with Gasteiger partial charge >= 0.3 is 12.0 Å². The third-order valence-electron chi connectivity index (χ3n) is 4.65. The van der Waals surface area contributed by atoms with Gasteiger partial charge in [-0.25, -0.2) is 9.59 Å². The number of amides is 2. The predicted octanol–water partition coefficient (Wildman–Crippen LogP) is 3.00. The van der Waals surface area contributed by atoms with Gasteiger partial charge in [-0.1, -0.05) is 46.5 Å². The second-order valence-corrected chi connectivity index (χ2v) is 6.53. The van der Waals surface area contributed by atoms with E-state index in [9.17, 15) is 9.59 Å². The summed E-state index contributed by atoms with van der Waals surface area (Å²) in [6.45, 7) is 6.67. The van der Waals surface area contributed by atoms with Crippen LogP contribution in [-0.2, 0) is 4.79 Å². The van der Waals surface area contributed by atoms with E-state index >= 15 is 0 Å². The topological polar surface area (TPSA) is 78.4 Å². The summed E-state index contributed by atoms with van der Waals surface area (Å²) in [5.74, 6) is 0.436. The highest BCUT2D eigenvalue weighted by atomic mass is 16.4. The lowest BCUT2D eigenvalue weighted by Gasteiger charge is -2.27. The summed E-state index contributed by atoms with van der Waals surface area (Å²) >= 11 is 0. The smallest absolute Gasteiger partial charge is 0.326 e. The molecule has 0 aromatic rings. The summed E-state index contributed by atoms with van der Waals surface area (Å²) in [5.41, 5.74) is 0. The summed E-state index contributed by atoms with van der Waals surface area (Å²) in [5, 5.41) is 14.5. The van der Waals surface area contributed by atoms with Gasteiger partial charge in [0, 0.05) is 6.54 Å². The molecule has 0 heterocycles. The second kappa shape index (κ2) is 8.90. The minimum Gasteiger partial charge on any atom is -0.480 e. The minimum absolute atomic E-state index is 0.0764. The Labute approximate surface area is 127 Å². The number of hydrogen-bond donors (Lipinski definition) is 3. The molecule has 122 valence electrons. The molecule has 5 heteroatoms. The molecule has 0 bridgehead atoms. The molecule has 2 amide bonds. The molecule has 1 fully saturated rings. The van der Waals surface area contributed by atoms with Crippen LogP contribution in [0.15, 0.2) is 0 Å². The van der Waals surface area contributed by atoms with Gasteiger partial charge in [0.1, 0.15) is 6.04 Å². The van der Waals surface area contributed by atoms with Crippen molar-refractivity contribution in [1.29, 1.82) is 0 Å². The summed E-state index contributed by atoms with van der Waals surface area (Å²) in [6.07, 6.45) is 6.80. The molecule has 0 radical (unpaired) electrons. The maximum atomic E-state index is 11.8. The van der Waals surface area contributed by atoms with E-state index < -0.39 is 12.0 Å². The summed E-state index contributed by atoms with van der Waals surface area (Å²) in [7, 11) is 0. The molecular formula is C16H30N2O3. The van der Waals surface area contributed by atoms with Crippen LogP contribution in [0, 0.1) is 17.8 Å². The highest BCUT2D eigenvalue weighted by Crippen LogP contribution is 2.30. The molecule has 3 unspecified atom stereocenters. The molecular weight excluding hydrogens is 268 g/mol. The van der Waals surface area contributed by atoms with Gasteiger partial charge in [-0.05, 0) is 30.6 Å². The molecule has 1 saturated carbocycles. The van der Waals surface area contributed by atoms with Crippen LogP contribution in [0.5, 0.6) is 0 Å². The van der Waals surface area contributed by atoms with Crippen molar-refractivity contribution < 1.29 is 14.7 Å². The summed E-state index contributed by atoms with van der Waals surface area (Å²) < 4.78 is 0. The monoisotopic (exact) mass is 298 g/mol. The standard InChI is InChI=1S/C16H30N2O3/c1-4-12(3)14(15(19)20)18-16(21)17-9-8-13-7-5-6-11(2)10-13/h11-14H,4-10H2,1-3H3,(H,19,20)(H2,17,18,21)/t11?,12?,13?,14-/m0/s1. The molecule has 1 aliphatic carbocycles.